The van der Waals surface area contributed by atoms with E-state index in [1.807, 2.05) is 0 Å². The summed E-state index contributed by atoms with van der Waals surface area (Å²) in [6.45, 7) is 0.380. The number of nitrogens with zero attached hydrogens (tertiary/aromatic N) is 3. The molecule has 4 N–H and O–H groups in total. The molecule has 0 aliphatic heterocycles. The second-order valence-electron chi connectivity index (χ2n) is 2.59. The average Bonchev–Trinajstić information content (AvgIpc) is 2.61. The lowest BCUT2D eigenvalue weighted by Crippen LogP contribution is -2.05. The van der Waals surface area contributed by atoms with Crippen molar-refractivity contribution in [2.75, 3.05) is 17.6 Å². The summed E-state index contributed by atoms with van der Waals surface area (Å²) >= 11 is 0. The summed E-state index contributed by atoms with van der Waals surface area (Å²) in [5, 5.41) is 2.93. The van der Waals surface area contributed by atoms with Crippen LogP contribution in [0.2, 0.25) is 0 Å². The van der Waals surface area contributed by atoms with Crippen LogP contribution in [0, 0.1) is 12.3 Å². The van der Waals surface area contributed by atoms with Gasteiger partial charge in [-0.2, -0.15) is 9.97 Å². The zero-order chi connectivity index (χ0) is 9.97. The van der Waals surface area contributed by atoms with Gasteiger partial charge in [-0.3, -0.25) is 0 Å². The van der Waals surface area contributed by atoms with Crippen molar-refractivity contribution in [3.8, 4) is 12.3 Å². The molecule has 0 spiro atoms. The molecule has 70 valence electrons. The Morgan fingerprint density at radius 3 is 3.21 bits per heavy atom. The molecule has 0 atom stereocenters. The number of nitrogen functional groups attached to an aromatic ring is 1. The van der Waals surface area contributed by atoms with Gasteiger partial charge in [0.25, 0.3) is 0 Å². The van der Waals surface area contributed by atoms with E-state index in [2.05, 4.69) is 31.2 Å². The van der Waals surface area contributed by atoms with Crippen LogP contribution in [-0.4, -0.2) is 26.5 Å². The predicted octanol–water partition coefficient (Wildman–Crippen LogP) is -0.0198. The maximum Gasteiger partial charge on any atom is 0.224 e. The maximum absolute atomic E-state index is 5.49. The SMILES string of the molecule is C#CCNc1nc(N)nc2nc[nH]c12. The van der Waals surface area contributed by atoms with E-state index in [0.717, 1.165) is 0 Å². The van der Waals surface area contributed by atoms with Gasteiger partial charge in [-0.25, -0.2) is 4.98 Å². The van der Waals surface area contributed by atoms with Gasteiger partial charge in [0.15, 0.2) is 11.5 Å². The summed E-state index contributed by atoms with van der Waals surface area (Å²) in [6.07, 6.45) is 6.65. The summed E-state index contributed by atoms with van der Waals surface area (Å²) in [5.41, 5.74) is 6.72. The zero-order valence-corrected chi connectivity index (χ0v) is 7.28. The summed E-state index contributed by atoms with van der Waals surface area (Å²) < 4.78 is 0. The fourth-order valence-corrected chi connectivity index (χ4v) is 1.11. The first-order valence-electron chi connectivity index (χ1n) is 3.95. The van der Waals surface area contributed by atoms with Gasteiger partial charge in [0.1, 0.15) is 5.52 Å². The summed E-state index contributed by atoms with van der Waals surface area (Å²) in [7, 11) is 0. The number of hydrogen-bond donors (Lipinski definition) is 3. The van der Waals surface area contributed by atoms with Gasteiger partial charge in [0, 0.05) is 0 Å². The Morgan fingerprint density at radius 1 is 1.57 bits per heavy atom. The maximum atomic E-state index is 5.49. The fourth-order valence-electron chi connectivity index (χ4n) is 1.11. The second kappa shape index (κ2) is 3.22. The normalized spacial score (nSPS) is 9.93. The Hall–Kier alpha value is -2.29. The highest BCUT2D eigenvalue weighted by molar-refractivity contribution is 5.83. The lowest BCUT2D eigenvalue weighted by molar-refractivity contribution is 1.19. The third-order valence-electron chi connectivity index (χ3n) is 1.66. The van der Waals surface area contributed by atoms with E-state index in [1.54, 1.807) is 0 Å². The van der Waals surface area contributed by atoms with E-state index in [0.29, 0.717) is 23.5 Å². The third-order valence-corrected chi connectivity index (χ3v) is 1.66. The minimum absolute atomic E-state index is 0.170. The molecule has 0 aliphatic rings. The monoisotopic (exact) mass is 188 g/mol. The van der Waals surface area contributed by atoms with Crippen molar-refractivity contribution >= 4 is 22.9 Å². The largest absolute Gasteiger partial charge is 0.368 e. The number of rotatable bonds is 2. The highest BCUT2D eigenvalue weighted by Gasteiger charge is 2.06. The molecule has 0 saturated carbocycles. The Morgan fingerprint density at radius 2 is 2.43 bits per heavy atom. The van der Waals surface area contributed by atoms with E-state index >= 15 is 0 Å². The number of H-pyrrole nitrogens is 1. The smallest absolute Gasteiger partial charge is 0.224 e. The van der Waals surface area contributed by atoms with Gasteiger partial charge >= 0.3 is 0 Å². The molecule has 0 saturated heterocycles. The van der Waals surface area contributed by atoms with Crippen LogP contribution in [-0.2, 0) is 0 Å². The fraction of sp³-hybridized carbons (Fsp3) is 0.125. The lowest BCUT2D eigenvalue weighted by atomic mass is 10.5. The summed E-state index contributed by atoms with van der Waals surface area (Å²) in [4.78, 5) is 14.8. The average molecular weight is 188 g/mol. The lowest BCUT2D eigenvalue weighted by Gasteiger charge is -2.02. The molecule has 14 heavy (non-hydrogen) atoms. The molecular formula is C8H8N6. The van der Waals surface area contributed by atoms with Crippen molar-refractivity contribution in [1.29, 1.82) is 0 Å². The van der Waals surface area contributed by atoms with Gasteiger partial charge < -0.3 is 16.0 Å². The van der Waals surface area contributed by atoms with Crippen molar-refractivity contribution in [3.63, 3.8) is 0 Å². The van der Waals surface area contributed by atoms with E-state index in [1.165, 1.54) is 6.33 Å². The third kappa shape index (κ3) is 1.31. The van der Waals surface area contributed by atoms with Gasteiger partial charge in [-0.05, 0) is 0 Å². The molecule has 2 aromatic rings. The van der Waals surface area contributed by atoms with Crippen LogP contribution in [0.3, 0.4) is 0 Å². The van der Waals surface area contributed by atoms with E-state index in [9.17, 15) is 0 Å². The van der Waals surface area contributed by atoms with E-state index < -0.39 is 0 Å². The van der Waals surface area contributed by atoms with Crippen LogP contribution in [0.5, 0.6) is 0 Å². The second-order valence-corrected chi connectivity index (χ2v) is 2.59. The first-order chi connectivity index (χ1) is 6.81. The summed E-state index contributed by atoms with van der Waals surface area (Å²) in [5.74, 6) is 3.19. The molecule has 0 unspecified atom stereocenters. The Labute approximate surface area is 80.0 Å². The molecular weight excluding hydrogens is 180 g/mol. The van der Waals surface area contributed by atoms with Gasteiger partial charge in [0.05, 0.1) is 12.9 Å². The van der Waals surface area contributed by atoms with Gasteiger partial charge in [0.2, 0.25) is 5.95 Å². The molecule has 0 aliphatic carbocycles. The van der Waals surface area contributed by atoms with Crippen molar-refractivity contribution in [2.24, 2.45) is 0 Å². The van der Waals surface area contributed by atoms with Gasteiger partial charge in [-0.15, -0.1) is 6.42 Å². The molecule has 2 heterocycles. The van der Waals surface area contributed by atoms with Crippen molar-refractivity contribution in [1.82, 2.24) is 19.9 Å². The molecule has 0 radical (unpaired) electrons. The number of nitrogens with one attached hydrogen (secondary N) is 2. The van der Waals surface area contributed by atoms with Crippen molar-refractivity contribution < 1.29 is 0 Å². The van der Waals surface area contributed by atoms with Crippen LogP contribution < -0.4 is 11.1 Å². The standard InChI is InChI=1S/C8H8N6/c1-2-3-10-6-5-7(12-4-11-5)14-8(9)13-6/h1,4H,3H2,(H4,9,10,11,12,13,14). The van der Waals surface area contributed by atoms with Crippen LogP contribution in [0.4, 0.5) is 11.8 Å². The molecule has 2 rings (SSSR count). The molecule has 2 aromatic heterocycles. The van der Waals surface area contributed by atoms with Crippen LogP contribution in [0.1, 0.15) is 0 Å². The van der Waals surface area contributed by atoms with E-state index in [4.69, 9.17) is 12.2 Å². The Kier molecular flexibility index (Phi) is 1.91. The summed E-state index contributed by atoms with van der Waals surface area (Å²) in [6, 6.07) is 0. The quantitative estimate of drug-likeness (QED) is 0.576. The number of hydrogen-bond acceptors (Lipinski definition) is 5. The molecule has 6 heteroatoms. The molecule has 0 amide bonds. The predicted molar refractivity (Wildman–Crippen MR) is 53.4 cm³/mol. The van der Waals surface area contributed by atoms with Crippen LogP contribution >= 0.6 is 0 Å². The number of nitrogens with two attached hydrogens (primary N) is 1. The van der Waals surface area contributed by atoms with Crippen LogP contribution in [0.15, 0.2) is 6.33 Å². The number of aromatic amines is 1. The van der Waals surface area contributed by atoms with Crippen molar-refractivity contribution in [3.05, 3.63) is 6.33 Å². The molecule has 6 nitrogen and oxygen atoms in total. The minimum atomic E-state index is 0.170. The van der Waals surface area contributed by atoms with Gasteiger partial charge in [-0.1, -0.05) is 5.92 Å². The number of imidazole rings is 1. The Bertz CT molecular complexity index is 494. The zero-order valence-electron chi connectivity index (χ0n) is 7.28. The van der Waals surface area contributed by atoms with E-state index in [-0.39, 0.29) is 5.95 Å². The topological polar surface area (TPSA) is 92.5 Å². The molecule has 0 aromatic carbocycles. The molecule has 0 bridgehead atoms. The van der Waals surface area contributed by atoms with Crippen LogP contribution in [0.25, 0.3) is 11.2 Å². The first kappa shape index (κ1) is 8.31. The number of aromatic nitrogens is 4. The number of terminal acetylenes is 1. The highest BCUT2D eigenvalue weighted by atomic mass is 15.1. The number of anilines is 2. The molecule has 0 fully saturated rings. The number of fused-ring (bicyclic) bond motifs is 1. The highest BCUT2D eigenvalue weighted by Crippen LogP contribution is 2.16. The minimum Gasteiger partial charge on any atom is -0.368 e. The Balaban J connectivity index is 2.51. The first-order valence-corrected chi connectivity index (χ1v) is 3.95. The van der Waals surface area contributed by atoms with Crippen molar-refractivity contribution in [2.45, 2.75) is 0 Å².